The molecule has 0 radical (unpaired) electrons. The summed E-state index contributed by atoms with van der Waals surface area (Å²) < 4.78 is 11.2. The van der Waals surface area contributed by atoms with E-state index in [2.05, 4.69) is 29.7 Å². The second-order valence-electron chi connectivity index (χ2n) is 7.39. The minimum absolute atomic E-state index is 0. The van der Waals surface area contributed by atoms with Crippen LogP contribution in [0.15, 0.2) is 29.3 Å². The van der Waals surface area contributed by atoms with Crippen molar-refractivity contribution < 1.29 is 9.47 Å². The summed E-state index contributed by atoms with van der Waals surface area (Å²) in [7, 11) is 0. The summed E-state index contributed by atoms with van der Waals surface area (Å²) >= 11 is 6.11. The van der Waals surface area contributed by atoms with Gasteiger partial charge in [0, 0.05) is 56.5 Å². The average molecular weight is 522 g/mol. The Kier molecular flexibility index (Phi) is 10.9. The summed E-state index contributed by atoms with van der Waals surface area (Å²) in [5, 5.41) is 7.69. The third-order valence-corrected chi connectivity index (χ3v) is 5.38. The number of halogens is 2. The van der Waals surface area contributed by atoms with E-state index in [0.717, 1.165) is 76.2 Å². The Morgan fingerprint density at radius 2 is 2.14 bits per heavy atom. The Bertz CT molecular complexity index is 611. The lowest BCUT2D eigenvalue weighted by Crippen LogP contribution is -2.39. The van der Waals surface area contributed by atoms with E-state index in [9.17, 15) is 0 Å². The van der Waals surface area contributed by atoms with Crippen LogP contribution in [0.3, 0.4) is 0 Å². The second-order valence-corrected chi connectivity index (χ2v) is 7.83. The highest BCUT2D eigenvalue weighted by molar-refractivity contribution is 14.0. The van der Waals surface area contributed by atoms with Crippen molar-refractivity contribution in [3.05, 3.63) is 34.9 Å². The predicted molar refractivity (Wildman–Crippen MR) is 126 cm³/mol. The molecule has 1 saturated heterocycles. The molecule has 2 N–H and O–H groups in total. The van der Waals surface area contributed by atoms with E-state index in [1.807, 2.05) is 12.1 Å². The minimum atomic E-state index is 0. The van der Waals surface area contributed by atoms with E-state index in [1.165, 1.54) is 5.56 Å². The van der Waals surface area contributed by atoms with Crippen LogP contribution in [0.5, 0.6) is 0 Å². The third-order valence-electron chi connectivity index (χ3n) is 5.14. The standard InChI is InChI=1S/C21H32ClN3O2.HI/c1-2-23-21(24-9-4-10-27-15-16-7-11-26-12-8-16)25-20-14-19(20)17-5-3-6-18(22)13-17;/h3,5-6,13,16,19-20H,2,4,7-12,14-15H2,1H3,(H2,23,24,25);1H. The zero-order chi connectivity index (χ0) is 18.9. The number of aliphatic imine (C=N–C) groups is 1. The van der Waals surface area contributed by atoms with E-state index in [1.54, 1.807) is 0 Å². The van der Waals surface area contributed by atoms with E-state index in [4.69, 9.17) is 26.1 Å². The Hall–Kier alpha value is -0.570. The van der Waals surface area contributed by atoms with Gasteiger partial charge in [0.1, 0.15) is 0 Å². The molecule has 1 heterocycles. The molecule has 5 nitrogen and oxygen atoms in total. The zero-order valence-electron chi connectivity index (χ0n) is 16.7. The fourth-order valence-corrected chi connectivity index (χ4v) is 3.68. The number of hydrogen-bond donors (Lipinski definition) is 2. The van der Waals surface area contributed by atoms with Crippen molar-refractivity contribution in [3.63, 3.8) is 0 Å². The molecule has 158 valence electrons. The number of rotatable bonds is 9. The Balaban J connectivity index is 0.00000280. The van der Waals surface area contributed by atoms with Gasteiger partial charge < -0.3 is 20.1 Å². The molecule has 1 saturated carbocycles. The quantitative estimate of drug-likeness (QED) is 0.221. The van der Waals surface area contributed by atoms with Crippen LogP contribution in [-0.2, 0) is 9.47 Å². The lowest BCUT2D eigenvalue weighted by molar-refractivity contribution is 0.0205. The largest absolute Gasteiger partial charge is 0.381 e. The molecule has 2 atom stereocenters. The maximum absolute atomic E-state index is 6.11. The topological polar surface area (TPSA) is 54.9 Å². The first-order valence-electron chi connectivity index (χ1n) is 10.2. The Morgan fingerprint density at radius 1 is 1.32 bits per heavy atom. The van der Waals surface area contributed by atoms with Crippen molar-refractivity contribution in [3.8, 4) is 0 Å². The molecule has 2 unspecified atom stereocenters. The van der Waals surface area contributed by atoms with Crippen molar-refractivity contribution in [1.29, 1.82) is 0 Å². The van der Waals surface area contributed by atoms with Gasteiger partial charge >= 0.3 is 0 Å². The Morgan fingerprint density at radius 3 is 2.89 bits per heavy atom. The fraction of sp³-hybridized carbons (Fsp3) is 0.667. The molecule has 2 aliphatic rings. The van der Waals surface area contributed by atoms with Gasteiger partial charge in [0.05, 0.1) is 0 Å². The smallest absolute Gasteiger partial charge is 0.191 e. The molecule has 2 fully saturated rings. The first-order valence-corrected chi connectivity index (χ1v) is 10.6. The fourth-order valence-electron chi connectivity index (χ4n) is 3.48. The van der Waals surface area contributed by atoms with Crippen LogP contribution in [0.1, 0.15) is 44.1 Å². The van der Waals surface area contributed by atoms with Gasteiger partial charge in [-0.3, -0.25) is 4.99 Å². The van der Waals surface area contributed by atoms with Crippen molar-refractivity contribution in [2.75, 3.05) is 39.5 Å². The first-order chi connectivity index (χ1) is 13.3. The van der Waals surface area contributed by atoms with Crippen LogP contribution in [0, 0.1) is 5.92 Å². The molecule has 1 aromatic rings. The molecule has 0 aromatic heterocycles. The zero-order valence-corrected chi connectivity index (χ0v) is 19.7. The summed E-state index contributed by atoms with van der Waals surface area (Å²) in [5.41, 5.74) is 1.30. The van der Waals surface area contributed by atoms with Gasteiger partial charge in [0.15, 0.2) is 5.96 Å². The van der Waals surface area contributed by atoms with Crippen molar-refractivity contribution in [1.82, 2.24) is 10.6 Å². The minimum Gasteiger partial charge on any atom is -0.381 e. The Labute approximate surface area is 191 Å². The lowest BCUT2D eigenvalue weighted by atomic mass is 10.0. The molecule has 7 heteroatoms. The van der Waals surface area contributed by atoms with Gasteiger partial charge in [0.25, 0.3) is 0 Å². The van der Waals surface area contributed by atoms with Crippen LogP contribution < -0.4 is 10.6 Å². The molecule has 28 heavy (non-hydrogen) atoms. The molecular formula is C21H33ClIN3O2. The number of nitrogens with one attached hydrogen (secondary N) is 2. The number of guanidine groups is 1. The van der Waals surface area contributed by atoms with Crippen molar-refractivity contribution >= 4 is 41.5 Å². The van der Waals surface area contributed by atoms with Crippen LogP contribution in [0.25, 0.3) is 0 Å². The number of benzene rings is 1. The number of nitrogens with zero attached hydrogens (tertiary/aromatic N) is 1. The molecule has 1 aliphatic carbocycles. The molecule has 0 amide bonds. The lowest BCUT2D eigenvalue weighted by Gasteiger charge is -2.21. The summed E-state index contributed by atoms with van der Waals surface area (Å²) in [5.74, 6) is 2.09. The highest BCUT2D eigenvalue weighted by Gasteiger charge is 2.39. The number of hydrogen-bond acceptors (Lipinski definition) is 3. The van der Waals surface area contributed by atoms with Gasteiger partial charge in [0.2, 0.25) is 0 Å². The van der Waals surface area contributed by atoms with Crippen LogP contribution in [-0.4, -0.2) is 51.5 Å². The maximum atomic E-state index is 6.11. The predicted octanol–water partition coefficient (Wildman–Crippen LogP) is 4.20. The van der Waals surface area contributed by atoms with E-state index in [0.29, 0.717) is 17.9 Å². The van der Waals surface area contributed by atoms with E-state index in [-0.39, 0.29) is 24.0 Å². The van der Waals surface area contributed by atoms with E-state index >= 15 is 0 Å². The summed E-state index contributed by atoms with van der Waals surface area (Å²) in [6.45, 7) is 7.12. The molecule has 0 spiro atoms. The van der Waals surface area contributed by atoms with Crippen molar-refractivity contribution in [2.45, 2.75) is 44.6 Å². The van der Waals surface area contributed by atoms with E-state index < -0.39 is 0 Å². The summed E-state index contributed by atoms with van der Waals surface area (Å²) in [4.78, 5) is 4.69. The monoisotopic (exact) mass is 521 g/mol. The maximum Gasteiger partial charge on any atom is 0.191 e. The van der Waals surface area contributed by atoms with Gasteiger partial charge in [-0.1, -0.05) is 23.7 Å². The van der Waals surface area contributed by atoms with Gasteiger partial charge in [-0.05, 0) is 56.2 Å². The third kappa shape index (κ3) is 8.05. The van der Waals surface area contributed by atoms with Gasteiger partial charge in [-0.15, -0.1) is 24.0 Å². The molecular weight excluding hydrogens is 489 g/mol. The first kappa shape index (κ1) is 23.7. The van der Waals surface area contributed by atoms with Gasteiger partial charge in [-0.2, -0.15) is 0 Å². The SMILES string of the molecule is CCNC(=NCCCOCC1CCOCC1)NC1CC1c1cccc(Cl)c1.I. The molecule has 1 aliphatic heterocycles. The highest BCUT2D eigenvalue weighted by atomic mass is 127. The number of ether oxygens (including phenoxy) is 2. The van der Waals surface area contributed by atoms with Crippen LogP contribution in [0.4, 0.5) is 0 Å². The normalized spacial score (nSPS) is 22.4. The van der Waals surface area contributed by atoms with Crippen molar-refractivity contribution in [2.24, 2.45) is 10.9 Å². The van der Waals surface area contributed by atoms with Gasteiger partial charge in [-0.25, -0.2) is 0 Å². The molecule has 1 aromatic carbocycles. The highest BCUT2D eigenvalue weighted by Crippen LogP contribution is 2.41. The summed E-state index contributed by atoms with van der Waals surface area (Å²) in [6.07, 6.45) is 4.32. The molecule has 3 rings (SSSR count). The van der Waals surface area contributed by atoms with Crippen LogP contribution >= 0.6 is 35.6 Å². The van der Waals surface area contributed by atoms with Crippen LogP contribution in [0.2, 0.25) is 5.02 Å². The average Bonchev–Trinajstić information content (AvgIpc) is 3.45. The second kappa shape index (κ2) is 12.9. The summed E-state index contributed by atoms with van der Waals surface area (Å²) in [6, 6.07) is 8.59. The molecule has 0 bridgehead atoms.